The van der Waals surface area contributed by atoms with E-state index in [9.17, 15) is 0 Å². The molecule has 1 aliphatic heterocycles. The van der Waals surface area contributed by atoms with Crippen LogP contribution in [-0.4, -0.2) is 18.2 Å². The number of thiazole rings is 1. The van der Waals surface area contributed by atoms with Crippen LogP contribution in [0, 0.1) is 0 Å². The zero-order valence-corrected chi connectivity index (χ0v) is 11.0. The summed E-state index contributed by atoms with van der Waals surface area (Å²) in [4.78, 5) is 5.96. The minimum absolute atomic E-state index is 0.456. The van der Waals surface area contributed by atoms with Crippen LogP contribution in [0.25, 0.3) is 11.3 Å². The summed E-state index contributed by atoms with van der Waals surface area (Å²) in [5.74, 6) is 0.456. The fraction of sp³-hybridized carbons (Fsp3) is 0.357. The molecule has 2 aromatic rings. The number of aromatic nitrogens is 1. The predicted octanol–water partition coefficient (Wildman–Crippen LogP) is 2.77. The molecular weight excluding hydrogens is 244 g/mol. The van der Waals surface area contributed by atoms with E-state index < -0.39 is 0 Å². The van der Waals surface area contributed by atoms with E-state index in [0.717, 1.165) is 30.9 Å². The van der Waals surface area contributed by atoms with Gasteiger partial charge in [0.05, 0.1) is 17.3 Å². The van der Waals surface area contributed by atoms with Gasteiger partial charge in [-0.05, 0) is 6.42 Å². The van der Waals surface area contributed by atoms with E-state index in [2.05, 4.69) is 12.1 Å². The number of hydrogen-bond donors (Lipinski definition) is 1. The first kappa shape index (κ1) is 11.8. The van der Waals surface area contributed by atoms with E-state index in [0.29, 0.717) is 12.5 Å². The molecule has 0 amide bonds. The molecule has 1 aliphatic rings. The molecule has 0 saturated carbocycles. The van der Waals surface area contributed by atoms with Crippen molar-refractivity contribution in [1.29, 1.82) is 0 Å². The van der Waals surface area contributed by atoms with Gasteiger partial charge in [-0.15, -0.1) is 11.3 Å². The van der Waals surface area contributed by atoms with Crippen molar-refractivity contribution in [3.63, 3.8) is 0 Å². The molecule has 2 N–H and O–H groups in total. The van der Waals surface area contributed by atoms with E-state index in [4.69, 9.17) is 15.5 Å². The highest BCUT2D eigenvalue weighted by molar-refractivity contribution is 7.12. The maximum Gasteiger partial charge on any atom is 0.0990 e. The summed E-state index contributed by atoms with van der Waals surface area (Å²) >= 11 is 1.74. The minimum Gasteiger partial charge on any atom is -0.381 e. The minimum atomic E-state index is 0.456. The smallest absolute Gasteiger partial charge is 0.0990 e. The molecule has 1 unspecified atom stereocenters. The standard InChI is InChI=1S/C14H16N2OS/c15-8-12-13(10-4-2-1-3-5-10)16-14(18-12)11-6-7-17-9-11/h1-5,11H,6-9,15H2. The van der Waals surface area contributed by atoms with Gasteiger partial charge in [0.25, 0.3) is 0 Å². The molecule has 3 rings (SSSR count). The van der Waals surface area contributed by atoms with Crippen LogP contribution >= 0.6 is 11.3 Å². The fourth-order valence-corrected chi connectivity index (χ4v) is 3.32. The Hall–Kier alpha value is -1.23. The van der Waals surface area contributed by atoms with Gasteiger partial charge in [0, 0.05) is 29.5 Å². The van der Waals surface area contributed by atoms with Crippen LogP contribution in [-0.2, 0) is 11.3 Å². The van der Waals surface area contributed by atoms with Gasteiger partial charge in [-0.2, -0.15) is 0 Å². The van der Waals surface area contributed by atoms with Crippen LogP contribution < -0.4 is 5.73 Å². The fourth-order valence-electron chi connectivity index (χ4n) is 2.23. The lowest BCUT2D eigenvalue weighted by molar-refractivity contribution is 0.194. The first-order chi connectivity index (χ1) is 8.88. The summed E-state index contributed by atoms with van der Waals surface area (Å²) in [6.07, 6.45) is 1.08. The van der Waals surface area contributed by atoms with Crippen molar-refractivity contribution in [2.75, 3.05) is 13.2 Å². The Balaban J connectivity index is 1.98. The normalized spacial score (nSPS) is 19.3. The van der Waals surface area contributed by atoms with Crippen molar-refractivity contribution in [3.05, 3.63) is 40.2 Å². The Morgan fingerprint density at radius 3 is 2.83 bits per heavy atom. The predicted molar refractivity (Wildman–Crippen MR) is 73.6 cm³/mol. The van der Waals surface area contributed by atoms with Gasteiger partial charge in [-0.1, -0.05) is 30.3 Å². The van der Waals surface area contributed by atoms with Crippen LogP contribution in [0.2, 0.25) is 0 Å². The molecular formula is C14H16N2OS. The zero-order valence-electron chi connectivity index (χ0n) is 10.1. The van der Waals surface area contributed by atoms with Crippen LogP contribution in [0.15, 0.2) is 30.3 Å². The SMILES string of the molecule is NCc1sc(C2CCOC2)nc1-c1ccccc1. The molecule has 1 aromatic carbocycles. The largest absolute Gasteiger partial charge is 0.381 e. The van der Waals surface area contributed by atoms with Crippen LogP contribution in [0.1, 0.15) is 22.2 Å². The Morgan fingerprint density at radius 1 is 1.33 bits per heavy atom. The molecule has 0 aliphatic carbocycles. The topological polar surface area (TPSA) is 48.1 Å². The van der Waals surface area contributed by atoms with Gasteiger partial charge >= 0.3 is 0 Å². The van der Waals surface area contributed by atoms with Crippen molar-refractivity contribution in [1.82, 2.24) is 4.98 Å². The molecule has 94 valence electrons. The number of rotatable bonds is 3. The molecule has 2 heterocycles. The number of nitrogens with two attached hydrogens (primary N) is 1. The maximum absolute atomic E-state index is 5.84. The maximum atomic E-state index is 5.84. The summed E-state index contributed by atoms with van der Waals surface area (Å²) < 4.78 is 5.44. The second-order valence-corrected chi connectivity index (χ2v) is 5.57. The molecule has 18 heavy (non-hydrogen) atoms. The first-order valence-corrected chi connectivity index (χ1v) is 7.03. The summed E-state index contributed by atoms with van der Waals surface area (Å²) in [5, 5.41) is 1.17. The van der Waals surface area contributed by atoms with Gasteiger partial charge in [-0.25, -0.2) is 4.98 Å². The highest BCUT2D eigenvalue weighted by Crippen LogP contribution is 2.34. The third-order valence-corrected chi connectivity index (χ3v) is 4.47. The van der Waals surface area contributed by atoms with E-state index >= 15 is 0 Å². The highest BCUT2D eigenvalue weighted by atomic mass is 32.1. The van der Waals surface area contributed by atoms with Gasteiger partial charge < -0.3 is 10.5 Å². The molecule has 1 saturated heterocycles. The van der Waals surface area contributed by atoms with E-state index in [1.165, 1.54) is 9.88 Å². The first-order valence-electron chi connectivity index (χ1n) is 6.21. The number of nitrogens with zero attached hydrogens (tertiary/aromatic N) is 1. The highest BCUT2D eigenvalue weighted by Gasteiger charge is 2.23. The Labute approximate surface area is 111 Å². The monoisotopic (exact) mass is 260 g/mol. The second kappa shape index (κ2) is 5.18. The lowest BCUT2D eigenvalue weighted by Gasteiger charge is -2.01. The van der Waals surface area contributed by atoms with E-state index in [-0.39, 0.29) is 0 Å². The molecule has 0 bridgehead atoms. The Bertz CT molecular complexity index is 518. The average molecular weight is 260 g/mol. The molecule has 0 radical (unpaired) electrons. The van der Waals surface area contributed by atoms with E-state index in [1.54, 1.807) is 11.3 Å². The average Bonchev–Trinajstić information content (AvgIpc) is 3.08. The number of benzene rings is 1. The molecule has 4 heteroatoms. The lowest BCUT2D eigenvalue weighted by Crippen LogP contribution is -1.96. The summed E-state index contributed by atoms with van der Waals surface area (Å²) in [5.41, 5.74) is 8.04. The molecule has 1 aromatic heterocycles. The van der Waals surface area contributed by atoms with Crippen molar-refractivity contribution in [2.45, 2.75) is 18.9 Å². The molecule has 0 spiro atoms. The number of hydrogen-bond acceptors (Lipinski definition) is 4. The van der Waals surface area contributed by atoms with Crippen molar-refractivity contribution >= 4 is 11.3 Å². The zero-order chi connectivity index (χ0) is 12.4. The third-order valence-electron chi connectivity index (χ3n) is 3.23. The molecule has 1 fully saturated rings. The Morgan fingerprint density at radius 2 is 2.17 bits per heavy atom. The van der Waals surface area contributed by atoms with Crippen molar-refractivity contribution in [2.24, 2.45) is 5.73 Å². The summed E-state index contributed by atoms with van der Waals surface area (Å²) in [7, 11) is 0. The summed E-state index contributed by atoms with van der Waals surface area (Å²) in [6, 6.07) is 10.3. The lowest BCUT2D eigenvalue weighted by atomic mass is 10.1. The van der Waals surface area contributed by atoms with Gasteiger partial charge in [0.1, 0.15) is 0 Å². The van der Waals surface area contributed by atoms with Crippen LogP contribution in [0.3, 0.4) is 0 Å². The second-order valence-electron chi connectivity index (χ2n) is 4.45. The number of ether oxygens (including phenoxy) is 1. The van der Waals surface area contributed by atoms with Crippen LogP contribution in [0.4, 0.5) is 0 Å². The van der Waals surface area contributed by atoms with Crippen molar-refractivity contribution < 1.29 is 4.74 Å². The van der Waals surface area contributed by atoms with Gasteiger partial charge in [0.2, 0.25) is 0 Å². The van der Waals surface area contributed by atoms with Gasteiger partial charge in [0.15, 0.2) is 0 Å². The molecule has 3 nitrogen and oxygen atoms in total. The molecule has 1 atom stereocenters. The quantitative estimate of drug-likeness (QED) is 0.923. The summed E-state index contributed by atoms with van der Waals surface area (Å²) in [6.45, 7) is 2.20. The Kier molecular flexibility index (Phi) is 3.41. The van der Waals surface area contributed by atoms with Crippen molar-refractivity contribution in [3.8, 4) is 11.3 Å². The third kappa shape index (κ3) is 2.19. The van der Waals surface area contributed by atoms with Gasteiger partial charge in [-0.3, -0.25) is 0 Å². The van der Waals surface area contributed by atoms with Crippen LogP contribution in [0.5, 0.6) is 0 Å². The van der Waals surface area contributed by atoms with E-state index in [1.807, 2.05) is 18.2 Å².